The highest BCUT2D eigenvalue weighted by molar-refractivity contribution is 9.10. The molecule has 2 aliphatic heterocycles. The molecule has 1 N–H and O–H groups in total. The van der Waals surface area contributed by atoms with Crippen molar-refractivity contribution < 1.29 is 9.90 Å². The van der Waals surface area contributed by atoms with Crippen LogP contribution in [-0.4, -0.2) is 28.1 Å². The van der Waals surface area contributed by atoms with Gasteiger partial charge in [0.2, 0.25) is 0 Å². The number of halogens is 2. The van der Waals surface area contributed by atoms with Crippen LogP contribution in [0.25, 0.3) is 0 Å². The number of fused-ring (bicyclic) bond motifs is 2. The van der Waals surface area contributed by atoms with E-state index in [-0.39, 0.29) is 0 Å². The molecule has 0 saturated carbocycles. The molecule has 2 bridgehead atoms. The van der Waals surface area contributed by atoms with Gasteiger partial charge in [0.1, 0.15) is 0 Å². The first-order valence-electron chi connectivity index (χ1n) is 7.44. The Labute approximate surface area is 138 Å². The van der Waals surface area contributed by atoms with Gasteiger partial charge in [-0.15, -0.1) is 0 Å². The van der Waals surface area contributed by atoms with Crippen molar-refractivity contribution in [3.8, 4) is 0 Å². The van der Waals surface area contributed by atoms with Crippen molar-refractivity contribution >= 4 is 33.5 Å². The first kappa shape index (κ1) is 15.3. The quantitative estimate of drug-likeness (QED) is 0.855. The molecule has 2 unspecified atom stereocenters. The molecule has 2 saturated heterocycles. The molecule has 0 radical (unpaired) electrons. The third-order valence-electron chi connectivity index (χ3n) is 4.81. The number of hydrogen-bond acceptors (Lipinski definition) is 2. The first-order valence-corrected chi connectivity index (χ1v) is 8.61. The highest BCUT2D eigenvalue weighted by Crippen LogP contribution is 2.41. The minimum absolute atomic E-state index is 0.319. The molecule has 0 spiro atoms. The summed E-state index contributed by atoms with van der Waals surface area (Å²) in [4.78, 5) is 13.5. The Morgan fingerprint density at radius 3 is 2.57 bits per heavy atom. The molecule has 1 aromatic rings. The molecule has 114 valence electrons. The molecule has 0 aromatic heterocycles. The van der Waals surface area contributed by atoms with Gasteiger partial charge in [0.15, 0.2) is 0 Å². The standard InChI is InChI=1S/C16H19BrClNO2/c17-12-2-1-11(15(18)8-12)9-19-13-3-4-14(19)6-10(5-13)7-16(20)21/h1-2,8,10,13-14H,3-7,9H2,(H,20,21). The fraction of sp³-hybridized carbons (Fsp3) is 0.562. The van der Waals surface area contributed by atoms with Crippen molar-refractivity contribution in [2.75, 3.05) is 0 Å². The van der Waals surface area contributed by atoms with Crippen LogP contribution in [0.5, 0.6) is 0 Å². The van der Waals surface area contributed by atoms with E-state index in [9.17, 15) is 4.79 Å². The van der Waals surface area contributed by atoms with E-state index in [1.54, 1.807) is 0 Å². The molecule has 21 heavy (non-hydrogen) atoms. The highest BCUT2D eigenvalue weighted by atomic mass is 79.9. The van der Waals surface area contributed by atoms with Crippen LogP contribution in [0.2, 0.25) is 5.02 Å². The topological polar surface area (TPSA) is 40.5 Å². The Bertz CT molecular complexity index is 537. The van der Waals surface area contributed by atoms with Gasteiger partial charge < -0.3 is 5.11 Å². The Morgan fingerprint density at radius 1 is 1.33 bits per heavy atom. The third kappa shape index (κ3) is 3.43. The lowest BCUT2D eigenvalue weighted by Crippen LogP contribution is -2.42. The molecule has 0 aliphatic carbocycles. The molecule has 0 amide bonds. The maximum absolute atomic E-state index is 10.9. The zero-order valence-corrected chi connectivity index (χ0v) is 14.1. The zero-order chi connectivity index (χ0) is 15.0. The maximum atomic E-state index is 10.9. The van der Waals surface area contributed by atoms with Gasteiger partial charge in [0, 0.05) is 34.5 Å². The van der Waals surface area contributed by atoms with E-state index < -0.39 is 5.97 Å². The molecule has 2 atom stereocenters. The van der Waals surface area contributed by atoms with E-state index in [2.05, 4.69) is 26.9 Å². The Hall–Kier alpha value is -0.580. The smallest absolute Gasteiger partial charge is 0.303 e. The van der Waals surface area contributed by atoms with E-state index in [0.29, 0.717) is 24.4 Å². The van der Waals surface area contributed by atoms with Crippen molar-refractivity contribution in [1.29, 1.82) is 0 Å². The third-order valence-corrected chi connectivity index (χ3v) is 5.66. The summed E-state index contributed by atoms with van der Waals surface area (Å²) in [6.45, 7) is 0.876. The molecule has 3 rings (SSSR count). The van der Waals surface area contributed by atoms with Gasteiger partial charge in [0.25, 0.3) is 0 Å². The second kappa shape index (κ2) is 6.27. The number of benzene rings is 1. The summed E-state index contributed by atoms with van der Waals surface area (Å²) in [6, 6.07) is 7.09. The Balaban J connectivity index is 1.69. The number of nitrogens with zero attached hydrogens (tertiary/aromatic N) is 1. The van der Waals surface area contributed by atoms with E-state index in [0.717, 1.165) is 34.4 Å². The molecule has 3 nitrogen and oxygen atoms in total. The normalized spacial score (nSPS) is 28.8. The number of aliphatic carboxylic acids is 1. The molecule has 5 heteroatoms. The summed E-state index contributed by atoms with van der Waals surface area (Å²) in [5.74, 6) is -0.319. The maximum Gasteiger partial charge on any atom is 0.303 e. The van der Waals surface area contributed by atoms with Crippen molar-refractivity contribution in [3.63, 3.8) is 0 Å². The molecule has 1 aromatic carbocycles. The van der Waals surface area contributed by atoms with Gasteiger partial charge >= 0.3 is 5.97 Å². The van der Waals surface area contributed by atoms with E-state index >= 15 is 0 Å². The summed E-state index contributed by atoms with van der Waals surface area (Å²) in [7, 11) is 0. The second-order valence-electron chi connectivity index (χ2n) is 6.23. The lowest BCUT2D eigenvalue weighted by Gasteiger charge is -2.38. The van der Waals surface area contributed by atoms with Gasteiger partial charge in [-0.3, -0.25) is 9.69 Å². The SMILES string of the molecule is O=C(O)CC1CC2CCC(C1)N2Cc1ccc(Br)cc1Cl. The van der Waals surface area contributed by atoms with Gasteiger partial charge in [-0.25, -0.2) is 0 Å². The lowest BCUT2D eigenvalue weighted by molar-refractivity contribution is -0.138. The Kier molecular flexibility index (Phi) is 4.57. The zero-order valence-electron chi connectivity index (χ0n) is 11.8. The molecule has 2 heterocycles. The summed E-state index contributed by atoms with van der Waals surface area (Å²) in [6.07, 6.45) is 4.72. The molecule has 2 fully saturated rings. The van der Waals surface area contributed by atoms with Crippen LogP contribution in [0.4, 0.5) is 0 Å². The van der Waals surface area contributed by atoms with Gasteiger partial charge in [-0.2, -0.15) is 0 Å². The van der Waals surface area contributed by atoms with Crippen LogP contribution in [0, 0.1) is 5.92 Å². The van der Waals surface area contributed by atoms with E-state index in [1.165, 1.54) is 12.8 Å². The van der Waals surface area contributed by atoms with E-state index in [1.807, 2.05) is 12.1 Å². The Morgan fingerprint density at radius 2 is 2.00 bits per heavy atom. The number of hydrogen-bond donors (Lipinski definition) is 1. The summed E-state index contributed by atoms with van der Waals surface area (Å²) in [5.41, 5.74) is 1.16. The summed E-state index contributed by atoms with van der Waals surface area (Å²) >= 11 is 9.76. The van der Waals surface area contributed by atoms with Crippen LogP contribution in [0.1, 0.15) is 37.7 Å². The lowest BCUT2D eigenvalue weighted by atomic mass is 9.88. The fourth-order valence-electron chi connectivity index (χ4n) is 3.91. The number of rotatable bonds is 4. The number of piperidine rings is 1. The monoisotopic (exact) mass is 371 g/mol. The van der Waals surface area contributed by atoms with Crippen molar-refractivity contribution in [2.24, 2.45) is 5.92 Å². The number of carbonyl (C=O) groups is 1. The van der Waals surface area contributed by atoms with Gasteiger partial charge in [-0.05, 0) is 49.3 Å². The van der Waals surface area contributed by atoms with Crippen LogP contribution in [-0.2, 0) is 11.3 Å². The molecule has 2 aliphatic rings. The van der Waals surface area contributed by atoms with Crippen LogP contribution >= 0.6 is 27.5 Å². The minimum Gasteiger partial charge on any atom is -0.481 e. The molecular formula is C16H19BrClNO2. The van der Waals surface area contributed by atoms with E-state index in [4.69, 9.17) is 16.7 Å². The van der Waals surface area contributed by atoms with Crippen LogP contribution < -0.4 is 0 Å². The molecular weight excluding hydrogens is 354 g/mol. The average molecular weight is 373 g/mol. The number of carboxylic acids is 1. The van der Waals surface area contributed by atoms with Gasteiger partial charge in [-0.1, -0.05) is 33.6 Å². The number of carboxylic acid groups (broad SMARTS) is 1. The van der Waals surface area contributed by atoms with Gasteiger partial charge in [0.05, 0.1) is 0 Å². The summed E-state index contributed by atoms with van der Waals surface area (Å²) < 4.78 is 0.999. The van der Waals surface area contributed by atoms with Crippen molar-refractivity contribution in [3.05, 3.63) is 33.3 Å². The first-order chi connectivity index (χ1) is 10.0. The highest BCUT2D eigenvalue weighted by Gasteiger charge is 2.41. The minimum atomic E-state index is -0.663. The van der Waals surface area contributed by atoms with Crippen LogP contribution in [0.15, 0.2) is 22.7 Å². The predicted octanol–water partition coefficient (Wildman–Crippen LogP) is 4.32. The van der Waals surface area contributed by atoms with Crippen molar-refractivity contribution in [2.45, 2.75) is 50.7 Å². The second-order valence-corrected chi connectivity index (χ2v) is 7.55. The largest absolute Gasteiger partial charge is 0.481 e. The predicted molar refractivity (Wildman–Crippen MR) is 86.5 cm³/mol. The summed E-state index contributed by atoms with van der Waals surface area (Å²) in [5, 5.41) is 9.79. The fourth-order valence-corrected chi connectivity index (χ4v) is 4.64. The van der Waals surface area contributed by atoms with Crippen LogP contribution in [0.3, 0.4) is 0 Å². The average Bonchev–Trinajstić information content (AvgIpc) is 2.64. The van der Waals surface area contributed by atoms with Crippen molar-refractivity contribution in [1.82, 2.24) is 4.90 Å².